The summed E-state index contributed by atoms with van der Waals surface area (Å²) in [4.78, 5) is 18.2. The maximum Gasteiger partial charge on any atom is 0.255 e. The van der Waals surface area contributed by atoms with Crippen LogP contribution in [0.25, 0.3) is 0 Å². The molecule has 0 fully saturated rings. The molecule has 0 saturated carbocycles. The molecule has 0 bridgehead atoms. The van der Waals surface area contributed by atoms with E-state index in [-0.39, 0.29) is 21.9 Å². The van der Waals surface area contributed by atoms with Gasteiger partial charge in [-0.1, -0.05) is 11.6 Å². The van der Waals surface area contributed by atoms with Crippen molar-refractivity contribution in [2.75, 3.05) is 7.05 Å². The normalized spacial score (nSPS) is 9.58. The Morgan fingerprint density at radius 3 is 2.75 bits per heavy atom. The molecule has 0 aromatic carbocycles. The van der Waals surface area contributed by atoms with Crippen LogP contribution < -0.4 is 5.32 Å². The first-order valence-corrected chi connectivity index (χ1v) is 3.81. The van der Waals surface area contributed by atoms with Crippen molar-refractivity contribution in [1.29, 1.82) is 0 Å². The zero-order valence-electron chi connectivity index (χ0n) is 6.14. The Hall–Kier alpha value is -0.870. The highest BCUT2D eigenvalue weighted by molar-refractivity contribution is 6.34. The third-order valence-electron chi connectivity index (χ3n) is 1.18. The third-order valence-corrected chi connectivity index (χ3v) is 1.65. The monoisotopic (exact) mass is 205 g/mol. The summed E-state index contributed by atoms with van der Waals surface area (Å²) in [5.41, 5.74) is 0.212. The average molecular weight is 206 g/mol. The number of amides is 1. The van der Waals surface area contributed by atoms with Gasteiger partial charge in [-0.2, -0.15) is 0 Å². The number of hydrogen-bond acceptors (Lipinski definition) is 3. The van der Waals surface area contributed by atoms with Gasteiger partial charge in [0.05, 0.1) is 5.56 Å². The van der Waals surface area contributed by atoms with Gasteiger partial charge < -0.3 is 5.32 Å². The van der Waals surface area contributed by atoms with E-state index in [9.17, 15) is 4.79 Å². The van der Waals surface area contributed by atoms with Crippen LogP contribution in [0.2, 0.25) is 10.4 Å². The maximum absolute atomic E-state index is 11.0. The molecule has 1 aromatic rings. The maximum atomic E-state index is 11.0. The van der Waals surface area contributed by atoms with E-state index < -0.39 is 0 Å². The van der Waals surface area contributed by atoms with E-state index in [0.717, 1.165) is 0 Å². The molecule has 6 heteroatoms. The number of aromatic nitrogens is 2. The van der Waals surface area contributed by atoms with Gasteiger partial charge in [0.25, 0.3) is 5.91 Å². The molecule has 0 spiro atoms. The van der Waals surface area contributed by atoms with Crippen molar-refractivity contribution < 1.29 is 4.79 Å². The van der Waals surface area contributed by atoms with Gasteiger partial charge in [0, 0.05) is 13.2 Å². The topological polar surface area (TPSA) is 54.9 Å². The quantitative estimate of drug-likeness (QED) is 0.553. The number of nitrogens with zero attached hydrogens (tertiary/aromatic N) is 2. The molecule has 1 N–H and O–H groups in total. The van der Waals surface area contributed by atoms with Gasteiger partial charge in [-0.15, -0.1) is 0 Å². The molecule has 0 radical (unpaired) electrons. The van der Waals surface area contributed by atoms with Crippen LogP contribution in [0.15, 0.2) is 6.20 Å². The van der Waals surface area contributed by atoms with Crippen LogP contribution in [0, 0.1) is 0 Å². The predicted octanol–water partition coefficient (Wildman–Crippen LogP) is 1.14. The van der Waals surface area contributed by atoms with Crippen molar-refractivity contribution in [2.24, 2.45) is 0 Å². The summed E-state index contributed by atoms with van der Waals surface area (Å²) in [6.07, 6.45) is 1.27. The van der Waals surface area contributed by atoms with Gasteiger partial charge in [0.1, 0.15) is 5.15 Å². The highest BCUT2D eigenvalue weighted by atomic mass is 35.5. The lowest BCUT2D eigenvalue weighted by Gasteiger charge is -1.99. The van der Waals surface area contributed by atoms with Gasteiger partial charge in [-0.25, -0.2) is 9.97 Å². The summed E-state index contributed by atoms with van der Waals surface area (Å²) < 4.78 is 0. The van der Waals surface area contributed by atoms with Crippen molar-refractivity contribution in [2.45, 2.75) is 0 Å². The second-order valence-corrected chi connectivity index (χ2v) is 2.62. The Morgan fingerprint density at radius 2 is 2.25 bits per heavy atom. The Bertz CT molecular complexity index is 316. The number of carbonyl (C=O) groups is 1. The van der Waals surface area contributed by atoms with E-state index in [4.69, 9.17) is 23.2 Å². The fourth-order valence-corrected chi connectivity index (χ4v) is 1.02. The van der Waals surface area contributed by atoms with Crippen LogP contribution in [0.4, 0.5) is 0 Å². The van der Waals surface area contributed by atoms with Crippen molar-refractivity contribution in [3.63, 3.8) is 0 Å². The van der Waals surface area contributed by atoms with Gasteiger partial charge in [-0.05, 0) is 11.6 Å². The van der Waals surface area contributed by atoms with Crippen LogP contribution in [-0.2, 0) is 0 Å². The smallest absolute Gasteiger partial charge is 0.255 e. The van der Waals surface area contributed by atoms with E-state index in [1.165, 1.54) is 13.2 Å². The van der Waals surface area contributed by atoms with Crippen molar-refractivity contribution in [3.8, 4) is 0 Å². The third kappa shape index (κ3) is 1.84. The molecule has 0 saturated heterocycles. The molecule has 1 heterocycles. The van der Waals surface area contributed by atoms with Gasteiger partial charge in [0.2, 0.25) is 5.28 Å². The highest BCUT2D eigenvalue weighted by Gasteiger charge is 2.10. The lowest BCUT2D eigenvalue weighted by Crippen LogP contribution is -2.18. The fourth-order valence-electron chi connectivity index (χ4n) is 0.628. The number of halogens is 2. The first kappa shape index (κ1) is 9.22. The molecule has 1 rings (SSSR count). The summed E-state index contributed by atoms with van der Waals surface area (Å²) in [6, 6.07) is 0. The fraction of sp³-hybridized carbons (Fsp3) is 0.167. The predicted molar refractivity (Wildman–Crippen MR) is 45.4 cm³/mol. The molecule has 1 aromatic heterocycles. The standard InChI is InChI=1S/C6H5Cl2N3O/c1-9-5(12)3-2-10-6(8)11-4(3)7/h2H,1H3,(H,9,12). The SMILES string of the molecule is CNC(=O)c1cnc(Cl)nc1Cl. The summed E-state index contributed by atoms with van der Waals surface area (Å²) in [5.74, 6) is -0.336. The van der Waals surface area contributed by atoms with Gasteiger partial charge in [0.15, 0.2) is 0 Å². The Morgan fingerprint density at radius 1 is 1.58 bits per heavy atom. The van der Waals surface area contributed by atoms with Gasteiger partial charge >= 0.3 is 0 Å². The lowest BCUT2D eigenvalue weighted by atomic mass is 10.3. The second-order valence-electron chi connectivity index (χ2n) is 1.92. The molecule has 0 aliphatic heterocycles. The Labute approximate surface area is 78.9 Å². The minimum atomic E-state index is -0.336. The molecule has 0 atom stereocenters. The zero-order chi connectivity index (χ0) is 9.14. The minimum Gasteiger partial charge on any atom is -0.355 e. The summed E-state index contributed by atoms with van der Waals surface area (Å²) in [6.45, 7) is 0. The highest BCUT2D eigenvalue weighted by Crippen LogP contribution is 2.13. The Balaban J connectivity index is 3.09. The van der Waals surface area contributed by atoms with E-state index in [1.54, 1.807) is 0 Å². The molecular weight excluding hydrogens is 201 g/mol. The number of carbonyl (C=O) groups excluding carboxylic acids is 1. The van der Waals surface area contributed by atoms with Crippen molar-refractivity contribution >= 4 is 29.1 Å². The first-order chi connectivity index (χ1) is 5.65. The molecule has 4 nitrogen and oxygen atoms in total. The molecule has 1 amide bonds. The number of nitrogens with one attached hydrogen (secondary N) is 1. The van der Waals surface area contributed by atoms with Crippen LogP contribution in [0.3, 0.4) is 0 Å². The van der Waals surface area contributed by atoms with E-state index >= 15 is 0 Å². The second kappa shape index (κ2) is 3.69. The van der Waals surface area contributed by atoms with E-state index in [0.29, 0.717) is 0 Å². The van der Waals surface area contributed by atoms with Crippen LogP contribution in [0.5, 0.6) is 0 Å². The van der Waals surface area contributed by atoms with Crippen molar-refractivity contribution in [1.82, 2.24) is 15.3 Å². The molecule has 0 unspecified atom stereocenters. The average Bonchev–Trinajstić information content (AvgIpc) is 2.03. The van der Waals surface area contributed by atoms with Crippen LogP contribution in [0.1, 0.15) is 10.4 Å². The summed E-state index contributed by atoms with van der Waals surface area (Å²) in [5, 5.41) is 2.47. The summed E-state index contributed by atoms with van der Waals surface area (Å²) in [7, 11) is 1.49. The van der Waals surface area contributed by atoms with Gasteiger partial charge in [-0.3, -0.25) is 4.79 Å². The largest absolute Gasteiger partial charge is 0.355 e. The lowest BCUT2D eigenvalue weighted by molar-refractivity contribution is 0.0962. The Kier molecular flexibility index (Phi) is 2.83. The molecule has 0 aliphatic carbocycles. The van der Waals surface area contributed by atoms with Crippen molar-refractivity contribution in [3.05, 3.63) is 22.2 Å². The molecule has 12 heavy (non-hydrogen) atoms. The first-order valence-electron chi connectivity index (χ1n) is 3.05. The van der Waals surface area contributed by atoms with E-state index in [2.05, 4.69) is 15.3 Å². The molecule has 64 valence electrons. The zero-order valence-corrected chi connectivity index (χ0v) is 7.65. The minimum absolute atomic E-state index is 0.0210. The van der Waals surface area contributed by atoms with Crippen LogP contribution >= 0.6 is 23.2 Å². The molecular formula is C6H5Cl2N3O. The summed E-state index contributed by atoms with van der Waals surface area (Å²) >= 11 is 11.0. The van der Waals surface area contributed by atoms with E-state index in [1.807, 2.05) is 0 Å². The molecule has 0 aliphatic rings. The number of hydrogen-bond donors (Lipinski definition) is 1. The number of rotatable bonds is 1. The van der Waals surface area contributed by atoms with Crippen LogP contribution in [-0.4, -0.2) is 22.9 Å².